The molecule has 4 heteroatoms. The van der Waals surface area contributed by atoms with Crippen LogP contribution in [0, 0.1) is 5.82 Å². The van der Waals surface area contributed by atoms with Crippen molar-refractivity contribution >= 4 is 11.6 Å². The van der Waals surface area contributed by atoms with Gasteiger partial charge < -0.3 is 10.2 Å². The van der Waals surface area contributed by atoms with Crippen molar-refractivity contribution in [3.8, 4) is 0 Å². The molecule has 23 heavy (non-hydrogen) atoms. The van der Waals surface area contributed by atoms with Gasteiger partial charge >= 0.3 is 0 Å². The Hall–Kier alpha value is -2.36. The van der Waals surface area contributed by atoms with Crippen molar-refractivity contribution in [3.63, 3.8) is 0 Å². The highest BCUT2D eigenvalue weighted by molar-refractivity contribution is 5.78. The van der Waals surface area contributed by atoms with Crippen LogP contribution in [0.25, 0.3) is 0 Å². The Labute approximate surface area is 136 Å². The van der Waals surface area contributed by atoms with Crippen molar-refractivity contribution in [2.24, 2.45) is 0 Å². The van der Waals surface area contributed by atoms with Crippen LogP contribution >= 0.6 is 0 Å². The normalized spacial score (nSPS) is 17.3. The first kappa shape index (κ1) is 15.5. The van der Waals surface area contributed by atoms with E-state index in [4.69, 9.17) is 0 Å². The molecule has 0 unspecified atom stereocenters. The van der Waals surface area contributed by atoms with Crippen molar-refractivity contribution in [1.82, 2.24) is 5.32 Å². The van der Waals surface area contributed by atoms with Gasteiger partial charge in [-0.3, -0.25) is 4.79 Å². The number of hydrogen-bond donors (Lipinski definition) is 1. The van der Waals surface area contributed by atoms with Crippen molar-refractivity contribution < 1.29 is 9.18 Å². The number of carbonyl (C=O) groups is 1. The minimum absolute atomic E-state index is 0.0171. The highest BCUT2D eigenvalue weighted by Gasteiger charge is 2.24. The monoisotopic (exact) mass is 312 g/mol. The third-order valence-corrected chi connectivity index (χ3v) is 4.28. The van der Waals surface area contributed by atoms with Gasteiger partial charge in [-0.2, -0.15) is 0 Å². The fourth-order valence-electron chi connectivity index (χ4n) is 3.09. The molecule has 1 aliphatic heterocycles. The van der Waals surface area contributed by atoms with E-state index in [2.05, 4.69) is 22.3 Å². The van der Waals surface area contributed by atoms with Gasteiger partial charge in [0.1, 0.15) is 5.82 Å². The first-order chi connectivity index (χ1) is 11.2. The number of para-hydroxylation sites is 1. The second-order valence-electron chi connectivity index (χ2n) is 5.93. The topological polar surface area (TPSA) is 32.3 Å². The number of anilines is 1. The zero-order valence-electron chi connectivity index (χ0n) is 13.0. The Kier molecular flexibility index (Phi) is 4.91. The standard InChI is InChI=1S/C19H21FN2O/c20-16-10-8-15(9-11-16)13-19(23)21-14-18-7-4-12-22(18)17-5-2-1-3-6-17/h1-3,5-6,8-11,18H,4,7,12-14H2,(H,21,23)/t18-/m0/s1. The summed E-state index contributed by atoms with van der Waals surface area (Å²) >= 11 is 0. The van der Waals surface area contributed by atoms with E-state index in [1.165, 1.54) is 17.8 Å². The molecule has 1 saturated heterocycles. The lowest BCUT2D eigenvalue weighted by Crippen LogP contribution is -2.40. The fraction of sp³-hybridized carbons (Fsp3) is 0.316. The molecule has 3 nitrogen and oxygen atoms in total. The van der Waals surface area contributed by atoms with Crippen LogP contribution in [0.3, 0.4) is 0 Å². The number of nitrogens with zero attached hydrogens (tertiary/aromatic N) is 1. The summed E-state index contributed by atoms with van der Waals surface area (Å²) in [7, 11) is 0. The summed E-state index contributed by atoms with van der Waals surface area (Å²) < 4.78 is 12.9. The van der Waals surface area contributed by atoms with E-state index in [0.717, 1.165) is 24.9 Å². The van der Waals surface area contributed by atoms with Crippen LogP contribution in [0.15, 0.2) is 54.6 Å². The molecule has 0 aromatic heterocycles. The molecule has 0 aliphatic carbocycles. The number of benzene rings is 2. The maximum absolute atomic E-state index is 12.9. The third-order valence-electron chi connectivity index (χ3n) is 4.28. The Morgan fingerprint density at radius 3 is 2.61 bits per heavy atom. The minimum Gasteiger partial charge on any atom is -0.367 e. The summed E-state index contributed by atoms with van der Waals surface area (Å²) in [4.78, 5) is 14.4. The van der Waals surface area contributed by atoms with Crippen LogP contribution in [0.1, 0.15) is 18.4 Å². The van der Waals surface area contributed by atoms with E-state index < -0.39 is 0 Å². The molecule has 3 rings (SSSR count). The molecule has 1 heterocycles. The average Bonchev–Trinajstić information content (AvgIpc) is 3.04. The van der Waals surface area contributed by atoms with Crippen molar-refractivity contribution in [2.75, 3.05) is 18.0 Å². The summed E-state index contributed by atoms with van der Waals surface area (Å²) in [5, 5.41) is 3.01. The van der Waals surface area contributed by atoms with Crippen LogP contribution in [0.2, 0.25) is 0 Å². The second-order valence-corrected chi connectivity index (χ2v) is 5.93. The first-order valence-corrected chi connectivity index (χ1v) is 8.05. The molecule has 0 spiro atoms. The van der Waals surface area contributed by atoms with Gasteiger partial charge in [0.15, 0.2) is 0 Å². The Bertz CT molecular complexity index is 642. The lowest BCUT2D eigenvalue weighted by Gasteiger charge is -2.27. The molecule has 1 N–H and O–H groups in total. The number of rotatable bonds is 5. The van der Waals surface area contributed by atoms with Crippen molar-refractivity contribution in [2.45, 2.75) is 25.3 Å². The van der Waals surface area contributed by atoms with Crippen LogP contribution in [0.5, 0.6) is 0 Å². The van der Waals surface area contributed by atoms with Gasteiger partial charge in [0, 0.05) is 24.8 Å². The summed E-state index contributed by atoms with van der Waals surface area (Å²) in [6, 6.07) is 16.7. The Balaban J connectivity index is 1.53. The zero-order chi connectivity index (χ0) is 16.1. The molecular weight excluding hydrogens is 291 g/mol. The molecule has 1 amide bonds. The first-order valence-electron chi connectivity index (χ1n) is 8.05. The summed E-state index contributed by atoms with van der Waals surface area (Å²) in [6.45, 7) is 1.68. The van der Waals surface area contributed by atoms with Crippen molar-refractivity contribution in [3.05, 3.63) is 66.0 Å². The van der Waals surface area contributed by atoms with E-state index in [1.807, 2.05) is 18.2 Å². The molecular formula is C19H21FN2O. The lowest BCUT2D eigenvalue weighted by atomic mass is 10.1. The molecule has 1 fully saturated rings. The van der Waals surface area contributed by atoms with Crippen LogP contribution in [-0.4, -0.2) is 25.0 Å². The van der Waals surface area contributed by atoms with E-state index in [9.17, 15) is 9.18 Å². The van der Waals surface area contributed by atoms with Gasteiger partial charge in [0.05, 0.1) is 6.42 Å². The quantitative estimate of drug-likeness (QED) is 0.920. The molecule has 2 aromatic carbocycles. The van der Waals surface area contributed by atoms with Gasteiger partial charge in [0.2, 0.25) is 5.91 Å². The average molecular weight is 312 g/mol. The van der Waals surface area contributed by atoms with E-state index in [-0.39, 0.29) is 11.7 Å². The SMILES string of the molecule is O=C(Cc1ccc(F)cc1)NC[C@@H]1CCCN1c1ccccc1. The molecule has 120 valence electrons. The fourth-order valence-corrected chi connectivity index (χ4v) is 3.09. The Morgan fingerprint density at radius 2 is 1.87 bits per heavy atom. The third kappa shape index (κ3) is 4.09. The van der Waals surface area contributed by atoms with Gasteiger partial charge in [-0.15, -0.1) is 0 Å². The van der Waals surface area contributed by atoms with Crippen LogP contribution in [-0.2, 0) is 11.2 Å². The van der Waals surface area contributed by atoms with Crippen LogP contribution in [0.4, 0.5) is 10.1 Å². The zero-order valence-corrected chi connectivity index (χ0v) is 13.0. The smallest absolute Gasteiger partial charge is 0.224 e. The summed E-state index contributed by atoms with van der Waals surface area (Å²) in [5.41, 5.74) is 2.04. The van der Waals surface area contributed by atoms with E-state index in [0.29, 0.717) is 19.0 Å². The number of hydrogen-bond acceptors (Lipinski definition) is 2. The molecule has 0 saturated carbocycles. The second kappa shape index (κ2) is 7.27. The largest absolute Gasteiger partial charge is 0.367 e. The number of nitrogens with one attached hydrogen (secondary N) is 1. The molecule has 2 aromatic rings. The molecule has 0 bridgehead atoms. The maximum Gasteiger partial charge on any atom is 0.224 e. The highest BCUT2D eigenvalue weighted by atomic mass is 19.1. The predicted molar refractivity (Wildman–Crippen MR) is 89.9 cm³/mol. The van der Waals surface area contributed by atoms with E-state index in [1.54, 1.807) is 12.1 Å². The summed E-state index contributed by atoms with van der Waals surface area (Å²) in [6.07, 6.45) is 2.53. The van der Waals surface area contributed by atoms with Crippen molar-refractivity contribution in [1.29, 1.82) is 0 Å². The van der Waals surface area contributed by atoms with Crippen LogP contribution < -0.4 is 10.2 Å². The lowest BCUT2D eigenvalue weighted by molar-refractivity contribution is -0.120. The summed E-state index contributed by atoms with van der Waals surface area (Å²) in [5.74, 6) is -0.296. The molecule has 1 aliphatic rings. The van der Waals surface area contributed by atoms with Gasteiger partial charge in [-0.25, -0.2) is 4.39 Å². The minimum atomic E-state index is -0.279. The molecule has 1 atom stereocenters. The Morgan fingerprint density at radius 1 is 1.13 bits per heavy atom. The highest BCUT2D eigenvalue weighted by Crippen LogP contribution is 2.24. The maximum atomic E-state index is 12.9. The number of halogens is 1. The number of amides is 1. The van der Waals surface area contributed by atoms with E-state index >= 15 is 0 Å². The van der Waals surface area contributed by atoms with Gasteiger partial charge in [-0.1, -0.05) is 30.3 Å². The van der Waals surface area contributed by atoms with Gasteiger partial charge in [0.25, 0.3) is 0 Å². The number of carbonyl (C=O) groups excluding carboxylic acids is 1. The molecule has 0 radical (unpaired) electrons. The van der Waals surface area contributed by atoms with Gasteiger partial charge in [-0.05, 0) is 42.7 Å². The predicted octanol–water partition coefficient (Wildman–Crippen LogP) is 3.15.